The van der Waals surface area contributed by atoms with Crippen molar-refractivity contribution in [2.45, 2.75) is 0 Å². The van der Waals surface area contributed by atoms with Crippen LogP contribution in [0.5, 0.6) is 0 Å². The first-order valence-corrected chi connectivity index (χ1v) is 4.37. The molecule has 9 heavy (non-hydrogen) atoms. The molecule has 0 aromatic rings. The van der Waals surface area contributed by atoms with E-state index in [1.54, 1.807) is 0 Å². The van der Waals surface area contributed by atoms with Gasteiger partial charge in [-0.25, -0.2) is 0 Å². The summed E-state index contributed by atoms with van der Waals surface area (Å²) in [7, 11) is -4.61. The zero-order valence-corrected chi connectivity index (χ0v) is 6.17. The van der Waals surface area contributed by atoms with E-state index >= 15 is 0 Å². The molecule has 0 spiro atoms. The van der Waals surface area contributed by atoms with Crippen LogP contribution in [0.3, 0.4) is 0 Å². The van der Waals surface area contributed by atoms with E-state index in [1.165, 1.54) is 0 Å². The molecule has 0 saturated carbocycles. The van der Waals surface area contributed by atoms with Gasteiger partial charge in [0.2, 0.25) is 0 Å². The molecule has 0 saturated heterocycles. The second kappa shape index (κ2) is 8.90. The maximum atomic E-state index is 8.50. The van der Waals surface area contributed by atoms with E-state index in [1.807, 2.05) is 0 Å². The summed E-state index contributed by atoms with van der Waals surface area (Å²) in [6, 6.07) is 0. The molecule has 0 aromatic heterocycles. The van der Waals surface area contributed by atoms with Crippen molar-refractivity contribution < 1.29 is 44.9 Å². The Hall–Kier alpha value is 0.904. The van der Waals surface area contributed by atoms with Gasteiger partial charge in [-0.2, -0.15) is 0 Å². The molecule has 6 nitrogen and oxygen atoms in total. The molecule has 0 aliphatic carbocycles. The number of hydrogen-bond donors (Lipinski definition) is 4. The molecule has 0 bridgehead atoms. The minimum atomic E-state index is -4.61. The van der Waals surface area contributed by atoms with Crippen LogP contribution in [0, 0.1) is 0 Å². The van der Waals surface area contributed by atoms with Crippen LogP contribution in [-0.2, 0) is 25.7 Å². The quantitative estimate of drug-likeness (QED) is 0.300. The summed E-state index contributed by atoms with van der Waals surface area (Å²) in [6.07, 6.45) is 0. The third kappa shape index (κ3) is 520. The Morgan fingerprint density at radius 3 is 1.00 bits per heavy atom. The van der Waals surface area contributed by atoms with Crippen molar-refractivity contribution in [3.63, 3.8) is 0 Å². The van der Waals surface area contributed by atoms with Gasteiger partial charge in [0.05, 0.1) is 0 Å². The van der Waals surface area contributed by atoms with Gasteiger partial charge in [0.25, 0.3) is 0 Å². The van der Waals surface area contributed by atoms with Crippen molar-refractivity contribution in [3.05, 3.63) is 0 Å². The summed E-state index contributed by atoms with van der Waals surface area (Å²) in [5.74, 6) is 0. The molecule has 9 heteroatoms. The zero-order chi connectivity index (χ0) is 7.21. The van der Waals surface area contributed by atoms with E-state index in [-0.39, 0.29) is 17.4 Å². The molecule has 0 fully saturated rings. The average Bonchev–Trinajstić information content (AvgIpc) is 1.27. The SMILES string of the molecule is O[Si](O)(O)O.[AlH3].[O]=[Ti]=[O]. The van der Waals surface area contributed by atoms with Gasteiger partial charge in [-0.05, 0) is 0 Å². The Balaban J connectivity index is -0.0000000800. The molecule has 0 aromatic carbocycles. The van der Waals surface area contributed by atoms with Crippen molar-refractivity contribution in [1.82, 2.24) is 0 Å². The van der Waals surface area contributed by atoms with Crippen LogP contribution in [0.15, 0.2) is 0 Å². The van der Waals surface area contributed by atoms with E-state index in [4.69, 9.17) is 25.8 Å². The first kappa shape index (κ1) is 16.5. The van der Waals surface area contributed by atoms with Crippen molar-refractivity contribution in [2.24, 2.45) is 0 Å². The summed E-state index contributed by atoms with van der Waals surface area (Å²) in [5.41, 5.74) is 0. The average molecular weight is 206 g/mol. The summed E-state index contributed by atoms with van der Waals surface area (Å²) in [6.45, 7) is 0. The van der Waals surface area contributed by atoms with Crippen LogP contribution in [0.4, 0.5) is 0 Å². The van der Waals surface area contributed by atoms with Crippen LogP contribution >= 0.6 is 0 Å². The van der Waals surface area contributed by atoms with E-state index in [0.717, 1.165) is 0 Å². The van der Waals surface area contributed by atoms with Gasteiger partial charge in [0.1, 0.15) is 0 Å². The summed E-state index contributed by atoms with van der Waals surface area (Å²) in [4.78, 5) is 29.3. The molecule has 0 radical (unpaired) electrons. The molecule has 0 aliphatic heterocycles. The van der Waals surface area contributed by atoms with Gasteiger partial charge in [-0.1, -0.05) is 0 Å². The number of hydrogen-bond acceptors (Lipinski definition) is 6. The molecule has 0 aliphatic rings. The Labute approximate surface area is 71.3 Å². The monoisotopic (exact) mass is 206 g/mol. The van der Waals surface area contributed by atoms with Crippen LogP contribution in [-0.4, -0.2) is 45.6 Å². The standard InChI is InChI=1S/Al.H4O4Si.2O.Ti.3H/c;1-5(2,3)4;;;;;;/h;1-4H;;;;;;. The Morgan fingerprint density at radius 2 is 1.00 bits per heavy atom. The second-order valence-electron chi connectivity index (χ2n) is 0.683. The fourth-order valence-electron chi connectivity index (χ4n) is 0. The molecule has 0 amide bonds. The topological polar surface area (TPSA) is 115 Å². The fraction of sp³-hybridized carbons (Fsp3) is 0. The van der Waals surface area contributed by atoms with Crippen molar-refractivity contribution >= 4 is 26.4 Å². The van der Waals surface area contributed by atoms with Gasteiger partial charge in [0.15, 0.2) is 17.4 Å². The molecule has 0 rings (SSSR count). The van der Waals surface area contributed by atoms with Crippen molar-refractivity contribution in [2.75, 3.05) is 0 Å². The van der Waals surface area contributed by atoms with Gasteiger partial charge in [-0.15, -0.1) is 0 Å². The zero-order valence-electron chi connectivity index (χ0n) is 3.61. The summed E-state index contributed by atoms with van der Waals surface area (Å²) >= 11 is -2.00. The minimum absolute atomic E-state index is 0. The Kier molecular flexibility index (Phi) is 16.3. The maximum absolute atomic E-state index is 8.50. The van der Waals surface area contributed by atoms with Crippen molar-refractivity contribution in [1.29, 1.82) is 0 Å². The Morgan fingerprint density at radius 1 is 1.00 bits per heavy atom. The van der Waals surface area contributed by atoms with Gasteiger partial charge < -0.3 is 19.2 Å². The fourth-order valence-corrected chi connectivity index (χ4v) is 0. The van der Waals surface area contributed by atoms with E-state index in [2.05, 4.69) is 0 Å². The van der Waals surface area contributed by atoms with Gasteiger partial charge in [0, 0.05) is 0 Å². The normalized spacial score (nSPS) is 7.56. The molecule has 0 unspecified atom stereocenters. The predicted molar refractivity (Wildman–Crippen MR) is 25.9 cm³/mol. The first-order valence-electron chi connectivity index (χ1n) is 1.30. The molecule has 4 N–H and O–H groups in total. The van der Waals surface area contributed by atoms with E-state index in [0.29, 0.717) is 0 Å². The summed E-state index contributed by atoms with van der Waals surface area (Å²) in [5, 5.41) is 0. The third-order valence-electron chi connectivity index (χ3n) is 0. The molecular weight excluding hydrogens is 199 g/mol. The molecule has 54 valence electrons. The molecule has 0 heterocycles. The summed E-state index contributed by atoms with van der Waals surface area (Å²) < 4.78 is 17.0. The van der Waals surface area contributed by atoms with E-state index < -0.39 is 28.1 Å². The third-order valence-corrected chi connectivity index (χ3v) is 0. The van der Waals surface area contributed by atoms with Crippen molar-refractivity contribution in [3.8, 4) is 0 Å². The molecular formula is H7AlO6SiTi. The van der Waals surface area contributed by atoms with Crippen LogP contribution < -0.4 is 0 Å². The Bertz CT molecular complexity index is 73.5. The number of rotatable bonds is 0. The van der Waals surface area contributed by atoms with E-state index in [9.17, 15) is 0 Å². The van der Waals surface area contributed by atoms with Crippen LogP contribution in [0.2, 0.25) is 0 Å². The predicted octanol–water partition coefficient (Wildman–Crippen LogP) is -4.03. The molecule has 0 atom stereocenters. The van der Waals surface area contributed by atoms with Gasteiger partial charge in [-0.3, -0.25) is 0 Å². The van der Waals surface area contributed by atoms with Crippen LogP contribution in [0.25, 0.3) is 0 Å². The second-order valence-corrected chi connectivity index (χ2v) is 2.14. The first-order chi connectivity index (χ1) is 3.41. The van der Waals surface area contributed by atoms with Gasteiger partial charge >= 0.3 is 34.8 Å². The van der Waals surface area contributed by atoms with Crippen LogP contribution in [0.1, 0.15) is 0 Å².